The minimum atomic E-state index is -0.543. The van der Waals surface area contributed by atoms with Crippen molar-refractivity contribution in [3.63, 3.8) is 0 Å². The number of hydrogen-bond donors (Lipinski definition) is 4. The Bertz CT molecular complexity index is 1170. The Morgan fingerprint density at radius 3 is 2.88 bits per heavy atom. The van der Waals surface area contributed by atoms with Crippen molar-refractivity contribution < 1.29 is 14.7 Å². The molecule has 2 aliphatic heterocycles. The van der Waals surface area contributed by atoms with Gasteiger partial charge in [-0.1, -0.05) is 31.3 Å². The van der Waals surface area contributed by atoms with Crippen molar-refractivity contribution in [3.05, 3.63) is 47.7 Å². The molecule has 1 unspecified atom stereocenters. The lowest BCUT2D eigenvalue weighted by Gasteiger charge is -2.28. The maximum atomic E-state index is 13.0. The molecule has 4 rings (SSSR count). The van der Waals surface area contributed by atoms with Gasteiger partial charge in [-0.2, -0.15) is 0 Å². The summed E-state index contributed by atoms with van der Waals surface area (Å²) >= 11 is 1.56. The molecular weight excluding hydrogens is 452 g/mol. The lowest BCUT2D eigenvalue weighted by Crippen LogP contribution is -2.50. The van der Waals surface area contributed by atoms with Gasteiger partial charge in [0.2, 0.25) is 5.91 Å². The van der Waals surface area contributed by atoms with Crippen LogP contribution in [0.4, 0.5) is 5.13 Å². The van der Waals surface area contributed by atoms with E-state index in [2.05, 4.69) is 25.9 Å². The molecule has 34 heavy (non-hydrogen) atoms. The van der Waals surface area contributed by atoms with Gasteiger partial charge in [0, 0.05) is 19.8 Å². The molecule has 2 atom stereocenters. The third-order valence-corrected chi connectivity index (χ3v) is 6.77. The van der Waals surface area contributed by atoms with E-state index in [-0.39, 0.29) is 31.0 Å². The van der Waals surface area contributed by atoms with Gasteiger partial charge in [-0.15, -0.1) is 0 Å². The molecule has 0 spiro atoms. The van der Waals surface area contributed by atoms with E-state index in [1.165, 1.54) is 0 Å². The topological polar surface area (TPSA) is 119 Å². The molecule has 10 heteroatoms. The number of aromatic nitrogens is 1. The number of nitrogens with one attached hydrogen (secondary N) is 3. The SMILES string of the molecule is CNc1nc2ccc(CNC(=O)C3=CC=CN4C3=NCC4C(=O)N[C@H](CO)CC(C)C)cc2s1. The molecule has 0 saturated carbocycles. The quantitative estimate of drug-likeness (QED) is 0.434. The summed E-state index contributed by atoms with van der Waals surface area (Å²) < 4.78 is 1.05. The van der Waals surface area contributed by atoms with E-state index >= 15 is 0 Å². The predicted molar refractivity (Wildman–Crippen MR) is 135 cm³/mol. The molecule has 3 heterocycles. The van der Waals surface area contributed by atoms with Crippen LogP contribution < -0.4 is 16.0 Å². The average Bonchev–Trinajstić information content (AvgIpc) is 3.45. The Morgan fingerprint density at radius 1 is 1.32 bits per heavy atom. The summed E-state index contributed by atoms with van der Waals surface area (Å²) in [5, 5.41) is 19.4. The number of aliphatic imine (C=N–C) groups is 1. The van der Waals surface area contributed by atoms with E-state index in [1.54, 1.807) is 34.6 Å². The normalized spacial score (nSPS) is 17.9. The number of hydrogen-bond acceptors (Lipinski definition) is 8. The molecule has 1 aromatic carbocycles. The number of rotatable bonds is 9. The van der Waals surface area contributed by atoms with E-state index in [1.807, 2.05) is 39.1 Å². The first kappa shape index (κ1) is 23.9. The van der Waals surface area contributed by atoms with Crippen LogP contribution in [0.15, 0.2) is 47.1 Å². The fourth-order valence-electron chi connectivity index (χ4n) is 4.09. The van der Waals surface area contributed by atoms with Crippen LogP contribution >= 0.6 is 11.3 Å². The number of fused-ring (bicyclic) bond motifs is 2. The lowest BCUT2D eigenvalue weighted by atomic mass is 10.0. The summed E-state index contributed by atoms with van der Waals surface area (Å²) in [7, 11) is 1.84. The van der Waals surface area contributed by atoms with Crippen LogP contribution in [0, 0.1) is 5.92 Å². The van der Waals surface area contributed by atoms with E-state index < -0.39 is 6.04 Å². The Labute approximate surface area is 202 Å². The fraction of sp³-hybridized carbons (Fsp3) is 0.417. The number of amides is 2. The van der Waals surface area contributed by atoms with E-state index in [4.69, 9.17) is 0 Å². The van der Waals surface area contributed by atoms with Gasteiger partial charge in [-0.05, 0) is 42.2 Å². The number of aliphatic hydroxyl groups is 1. The first-order valence-electron chi connectivity index (χ1n) is 11.4. The van der Waals surface area contributed by atoms with Gasteiger partial charge in [-0.3, -0.25) is 14.6 Å². The Kier molecular flexibility index (Phi) is 7.28. The molecule has 0 fully saturated rings. The first-order chi connectivity index (χ1) is 16.4. The molecule has 9 nitrogen and oxygen atoms in total. The monoisotopic (exact) mass is 482 g/mol. The van der Waals surface area contributed by atoms with Crippen LogP contribution in [0.2, 0.25) is 0 Å². The summed E-state index contributed by atoms with van der Waals surface area (Å²) in [6.07, 6.45) is 5.92. The zero-order valence-electron chi connectivity index (χ0n) is 19.5. The highest BCUT2D eigenvalue weighted by atomic mass is 32.1. The second-order valence-corrected chi connectivity index (χ2v) is 9.81. The predicted octanol–water partition coefficient (Wildman–Crippen LogP) is 2.01. The number of thiazole rings is 1. The Hall–Kier alpha value is -3.24. The second-order valence-electron chi connectivity index (χ2n) is 8.78. The number of carbonyl (C=O) groups excluding carboxylic acids is 2. The van der Waals surface area contributed by atoms with E-state index in [9.17, 15) is 14.7 Å². The average molecular weight is 483 g/mol. The molecule has 180 valence electrons. The molecule has 0 bridgehead atoms. The molecule has 1 aromatic heterocycles. The first-order valence-corrected chi connectivity index (χ1v) is 12.2. The Morgan fingerprint density at radius 2 is 2.15 bits per heavy atom. The largest absolute Gasteiger partial charge is 0.394 e. The minimum absolute atomic E-state index is 0.114. The summed E-state index contributed by atoms with van der Waals surface area (Å²) in [6.45, 7) is 4.60. The molecule has 0 aliphatic carbocycles. The van der Waals surface area contributed by atoms with Crippen LogP contribution in [0.5, 0.6) is 0 Å². The van der Waals surface area contributed by atoms with Gasteiger partial charge in [0.25, 0.3) is 5.91 Å². The lowest BCUT2D eigenvalue weighted by molar-refractivity contribution is -0.125. The van der Waals surface area contributed by atoms with Crippen LogP contribution in [0.3, 0.4) is 0 Å². The third-order valence-electron chi connectivity index (χ3n) is 5.73. The van der Waals surface area contributed by atoms with Gasteiger partial charge in [-0.25, -0.2) is 4.98 Å². The zero-order chi connectivity index (χ0) is 24.2. The second kappa shape index (κ2) is 10.4. The number of aliphatic hydroxyl groups excluding tert-OH is 1. The third kappa shape index (κ3) is 5.13. The number of allylic oxidation sites excluding steroid dienone is 2. The number of benzene rings is 1. The summed E-state index contributed by atoms with van der Waals surface area (Å²) in [4.78, 5) is 36.5. The molecule has 2 aromatic rings. The number of anilines is 1. The van der Waals surface area contributed by atoms with E-state index in [0.29, 0.717) is 30.3 Å². The van der Waals surface area contributed by atoms with Crippen LogP contribution in [-0.2, 0) is 16.1 Å². The van der Waals surface area contributed by atoms with E-state index in [0.717, 1.165) is 20.9 Å². The fourth-order valence-corrected chi connectivity index (χ4v) is 4.97. The van der Waals surface area contributed by atoms with Crippen molar-refractivity contribution in [1.82, 2.24) is 20.5 Å². The van der Waals surface area contributed by atoms with Crippen molar-refractivity contribution in [2.75, 3.05) is 25.5 Å². The van der Waals surface area contributed by atoms with Crippen molar-refractivity contribution in [2.24, 2.45) is 10.9 Å². The van der Waals surface area contributed by atoms with Crippen molar-refractivity contribution in [2.45, 2.75) is 38.9 Å². The highest BCUT2D eigenvalue weighted by Gasteiger charge is 2.37. The molecule has 4 N–H and O–H groups in total. The maximum Gasteiger partial charge on any atom is 0.255 e. The van der Waals surface area contributed by atoms with Crippen LogP contribution in [-0.4, -0.2) is 64.9 Å². The van der Waals surface area contributed by atoms with Gasteiger partial charge < -0.3 is 26.0 Å². The van der Waals surface area contributed by atoms with Crippen molar-refractivity contribution in [1.29, 1.82) is 0 Å². The van der Waals surface area contributed by atoms with Gasteiger partial charge in [0.15, 0.2) is 5.13 Å². The summed E-state index contributed by atoms with van der Waals surface area (Å²) in [5.41, 5.74) is 2.32. The Balaban J connectivity index is 1.38. The summed E-state index contributed by atoms with van der Waals surface area (Å²) in [6, 6.07) is 5.08. The van der Waals surface area contributed by atoms with Crippen molar-refractivity contribution in [3.8, 4) is 0 Å². The van der Waals surface area contributed by atoms with Crippen molar-refractivity contribution >= 4 is 44.3 Å². The number of carbonyl (C=O) groups is 2. The highest BCUT2D eigenvalue weighted by molar-refractivity contribution is 7.22. The standard InChI is InChI=1S/C24H30N6O3S/c1-14(2)9-16(13-31)28-23(33)19-12-26-21-17(5-4-8-30(19)21)22(32)27-11-15-6-7-18-20(10-15)34-24(25-3)29-18/h4-8,10,14,16,19,31H,9,11-13H2,1-3H3,(H,25,29)(H,27,32)(H,28,33)/t16-,19?/m0/s1. The molecule has 2 aliphatic rings. The highest BCUT2D eigenvalue weighted by Crippen LogP contribution is 2.26. The van der Waals surface area contributed by atoms with Gasteiger partial charge >= 0.3 is 0 Å². The van der Waals surface area contributed by atoms with Crippen LogP contribution in [0.1, 0.15) is 25.8 Å². The number of nitrogens with zero attached hydrogens (tertiary/aromatic N) is 3. The van der Waals surface area contributed by atoms with Gasteiger partial charge in [0.1, 0.15) is 11.9 Å². The number of amidine groups is 1. The molecule has 2 amide bonds. The van der Waals surface area contributed by atoms with Gasteiger partial charge in [0.05, 0.1) is 35.0 Å². The summed E-state index contributed by atoms with van der Waals surface area (Å²) in [5.74, 6) is 0.385. The smallest absolute Gasteiger partial charge is 0.255 e. The zero-order valence-corrected chi connectivity index (χ0v) is 20.4. The molecular formula is C24H30N6O3S. The molecule has 0 saturated heterocycles. The van der Waals surface area contributed by atoms with Crippen LogP contribution in [0.25, 0.3) is 10.2 Å². The molecule has 0 radical (unpaired) electrons. The maximum absolute atomic E-state index is 13.0. The minimum Gasteiger partial charge on any atom is -0.394 e.